The van der Waals surface area contributed by atoms with E-state index in [0.29, 0.717) is 38.2 Å². The predicted octanol–water partition coefficient (Wildman–Crippen LogP) is 5.60. The second-order valence-electron chi connectivity index (χ2n) is 9.50. The standard InChI is InChI=1S/C26H26F4N2O2/c1-24(34,26(28,29)30)18-8-6-17(7-9-18)23(33)32(19-10-11-19)20-12-14-25(16-31,15-13-20)21-4-2-3-5-22(21)27/h2-9,19-20,34H,10-15H2,1H3/t20-,24-,25+/m0/s1. The van der Waals surface area contributed by atoms with Gasteiger partial charge in [0, 0.05) is 23.2 Å². The Morgan fingerprint density at radius 2 is 1.59 bits per heavy atom. The first-order chi connectivity index (χ1) is 16.0. The minimum absolute atomic E-state index is 0.0542. The summed E-state index contributed by atoms with van der Waals surface area (Å²) in [6.45, 7) is 0.680. The third kappa shape index (κ3) is 4.29. The maximum absolute atomic E-state index is 14.4. The Hall–Kier alpha value is -2.92. The second-order valence-corrected chi connectivity index (χ2v) is 9.50. The van der Waals surface area contributed by atoms with Gasteiger partial charge in [0.25, 0.3) is 5.91 Å². The average Bonchev–Trinajstić information content (AvgIpc) is 3.64. The minimum atomic E-state index is -4.84. The van der Waals surface area contributed by atoms with E-state index in [9.17, 15) is 32.7 Å². The lowest BCUT2D eigenvalue weighted by Crippen LogP contribution is -2.46. The van der Waals surface area contributed by atoms with E-state index in [1.165, 1.54) is 18.2 Å². The number of hydrogen-bond donors (Lipinski definition) is 1. The molecule has 4 rings (SSSR count). The van der Waals surface area contributed by atoms with Gasteiger partial charge in [0.15, 0.2) is 5.60 Å². The molecule has 2 aromatic rings. The highest BCUT2D eigenvalue weighted by Crippen LogP contribution is 2.44. The van der Waals surface area contributed by atoms with Crippen molar-refractivity contribution in [1.29, 1.82) is 5.26 Å². The van der Waals surface area contributed by atoms with Crippen molar-refractivity contribution in [1.82, 2.24) is 4.90 Å². The summed E-state index contributed by atoms with van der Waals surface area (Å²) in [7, 11) is 0. The van der Waals surface area contributed by atoms with E-state index in [1.54, 1.807) is 23.1 Å². The highest BCUT2D eigenvalue weighted by atomic mass is 19.4. The topological polar surface area (TPSA) is 64.3 Å². The molecule has 8 heteroatoms. The Morgan fingerprint density at radius 3 is 2.09 bits per heavy atom. The van der Waals surface area contributed by atoms with Crippen molar-refractivity contribution >= 4 is 5.91 Å². The zero-order valence-electron chi connectivity index (χ0n) is 18.8. The van der Waals surface area contributed by atoms with Gasteiger partial charge in [0.1, 0.15) is 5.82 Å². The summed E-state index contributed by atoms with van der Waals surface area (Å²) in [5, 5.41) is 19.8. The second kappa shape index (κ2) is 8.70. The molecule has 34 heavy (non-hydrogen) atoms. The molecule has 0 aliphatic heterocycles. The summed E-state index contributed by atoms with van der Waals surface area (Å²) in [5.41, 5.74) is -3.66. The number of rotatable bonds is 5. The maximum atomic E-state index is 14.4. The fraction of sp³-hybridized carbons (Fsp3) is 0.462. The summed E-state index contributed by atoms with van der Waals surface area (Å²) in [4.78, 5) is 15.1. The van der Waals surface area contributed by atoms with Gasteiger partial charge in [-0.1, -0.05) is 30.3 Å². The predicted molar refractivity (Wildman–Crippen MR) is 117 cm³/mol. The lowest BCUT2D eigenvalue weighted by molar-refractivity contribution is -0.258. The molecule has 0 aromatic heterocycles. The molecule has 0 bridgehead atoms. The molecule has 2 saturated carbocycles. The van der Waals surface area contributed by atoms with Gasteiger partial charge in [-0.3, -0.25) is 4.79 Å². The number of carbonyl (C=O) groups excluding carboxylic acids is 1. The van der Waals surface area contributed by atoms with Crippen molar-refractivity contribution < 1.29 is 27.5 Å². The lowest BCUT2D eigenvalue weighted by Gasteiger charge is -2.41. The van der Waals surface area contributed by atoms with Crippen molar-refractivity contribution in [2.24, 2.45) is 0 Å². The van der Waals surface area contributed by atoms with Crippen molar-refractivity contribution in [3.63, 3.8) is 0 Å². The van der Waals surface area contributed by atoms with Crippen molar-refractivity contribution in [2.45, 2.75) is 74.7 Å². The van der Waals surface area contributed by atoms with Gasteiger partial charge < -0.3 is 10.0 Å². The minimum Gasteiger partial charge on any atom is -0.376 e. The number of nitrogens with zero attached hydrogens (tertiary/aromatic N) is 2. The summed E-state index contributed by atoms with van der Waals surface area (Å²) < 4.78 is 53.8. The van der Waals surface area contributed by atoms with Crippen LogP contribution in [-0.4, -0.2) is 34.2 Å². The van der Waals surface area contributed by atoms with Crippen LogP contribution in [0.25, 0.3) is 0 Å². The number of aliphatic hydroxyl groups is 1. The molecule has 1 atom stereocenters. The molecule has 2 fully saturated rings. The van der Waals surface area contributed by atoms with Crippen LogP contribution in [0.5, 0.6) is 0 Å². The first-order valence-electron chi connectivity index (χ1n) is 11.4. The highest BCUT2D eigenvalue weighted by molar-refractivity contribution is 5.95. The van der Waals surface area contributed by atoms with Crippen LogP contribution in [0.15, 0.2) is 48.5 Å². The molecule has 4 nitrogen and oxygen atoms in total. The quantitative estimate of drug-likeness (QED) is 0.574. The van der Waals surface area contributed by atoms with Crippen LogP contribution < -0.4 is 0 Å². The molecular formula is C26H26F4N2O2. The Bertz CT molecular complexity index is 1090. The van der Waals surface area contributed by atoms with Crippen LogP contribution >= 0.6 is 0 Å². The SMILES string of the molecule is C[C@](O)(c1ccc(C(=O)N(C2CC2)[C@H]2CC[C@@](C#N)(c3ccccc3F)CC2)cc1)C(F)(F)F. The van der Waals surface area contributed by atoms with Gasteiger partial charge in [-0.15, -0.1) is 0 Å². The summed E-state index contributed by atoms with van der Waals surface area (Å²) in [5.74, 6) is -0.687. The van der Waals surface area contributed by atoms with E-state index in [-0.39, 0.29) is 29.1 Å². The monoisotopic (exact) mass is 474 g/mol. The molecular weight excluding hydrogens is 448 g/mol. The third-order valence-corrected chi connectivity index (χ3v) is 7.23. The zero-order valence-corrected chi connectivity index (χ0v) is 18.8. The van der Waals surface area contributed by atoms with Crippen LogP contribution in [0, 0.1) is 17.1 Å². The average molecular weight is 474 g/mol. The van der Waals surface area contributed by atoms with Gasteiger partial charge in [-0.05, 0) is 69.2 Å². The number of carbonyl (C=O) groups is 1. The van der Waals surface area contributed by atoms with Crippen LogP contribution in [0.4, 0.5) is 17.6 Å². The third-order valence-electron chi connectivity index (χ3n) is 7.23. The highest BCUT2D eigenvalue weighted by Gasteiger charge is 2.51. The Balaban J connectivity index is 1.52. The molecule has 2 aliphatic carbocycles. The number of nitriles is 1. The van der Waals surface area contributed by atoms with Gasteiger partial charge >= 0.3 is 6.18 Å². The van der Waals surface area contributed by atoms with E-state index in [2.05, 4.69) is 6.07 Å². The van der Waals surface area contributed by atoms with Gasteiger partial charge in [-0.25, -0.2) is 4.39 Å². The number of benzene rings is 2. The van der Waals surface area contributed by atoms with E-state index < -0.39 is 23.0 Å². The van der Waals surface area contributed by atoms with Gasteiger partial charge in [-0.2, -0.15) is 18.4 Å². The normalized spacial score (nSPS) is 24.7. The van der Waals surface area contributed by atoms with Crippen LogP contribution in [-0.2, 0) is 11.0 Å². The van der Waals surface area contributed by atoms with Crippen molar-refractivity contribution in [3.05, 3.63) is 71.0 Å². The molecule has 0 heterocycles. The molecule has 0 spiro atoms. The molecule has 180 valence electrons. The summed E-state index contributed by atoms with van der Waals surface area (Å²) in [6.07, 6.45) is -1.25. The summed E-state index contributed by atoms with van der Waals surface area (Å²) >= 11 is 0. The summed E-state index contributed by atoms with van der Waals surface area (Å²) in [6, 6.07) is 13.4. The molecule has 1 N–H and O–H groups in total. The number of amides is 1. The van der Waals surface area contributed by atoms with Gasteiger partial charge in [0.2, 0.25) is 0 Å². The molecule has 0 unspecified atom stereocenters. The van der Waals surface area contributed by atoms with E-state index >= 15 is 0 Å². The Kier molecular flexibility index (Phi) is 6.19. The van der Waals surface area contributed by atoms with E-state index in [1.807, 2.05) is 0 Å². The number of halogens is 4. The van der Waals surface area contributed by atoms with Crippen molar-refractivity contribution in [3.8, 4) is 6.07 Å². The maximum Gasteiger partial charge on any atom is 0.421 e. The largest absolute Gasteiger partial charge is 0.421 e. The fourth-order valence-electron chi connectivity index (χ4n) is 4.90. The van der Waals surface area contributed by atoms with E-state index in [4.69, 9.17) is 0 Å². The molecule has 0 radical (unpaired) electrons. The van der Waals surface area contributed by atoms with Gasteiger partial charge in [0.05, 0.1) is 11.5 Å². The molecule has 0 saturated heterocycles. The van der Waals surface area contributed by atoms with E-state index in [0.717, 1.165) is 25.0 Å². The van der Waals surface area contributed by atoms with Crippen LogP contribution in [0.2, 0.25) is 0 Å². The lowest BCUT2D eigenvalue weighted by atomic mass is 9.68. The molecule has 2 aromatic carbocycles. The first kappa shape index (κ1) is 24.2. The molecule has 1 amide bonds. The Labute approximate surface area is 195 Å². The number of alkyl halides is 3. The fourth-order valence-corrected chi connectivity index (χ4v) is 4.90. The van der Waals surface area contributed by atoms with Crippen LogP contribution in [0.3, 0.4) is 0 Å². The first-order valence-corrected chi connectivity index (χ1v) is 11.4. The Morgan fingerprint density at radius 1 is 1.03 bits per heavy atom. The van der Waals surface area contributed by atoms with Crippen molar-refractivity contribution in [2.75, 3.05) is 0 Å². The molecule has 2 aliphatic rings. The smallest absolute Gasteiger partial charge is 0.376 e. The number of hydrogen-bond acceptors (Lipinski definition) is 3. The van der Waals surface area contributed by atoms with Crippen LogP contribution in [0.1, 0.15) is 66.9 Å². The zero-order chi connectivity index (χ0) is 24.7.